The maximum Gasteiger partial charge on any atom is 0.238 e. The SMILES string of the molecule is CCNCC(=O)Nc1ccc(F)c(F)c1. The van der Waals surface area contributed by atoms with Crippen molar-refractivity contribution >= 4 is 11.6 Å². The molecule has 82 valence electrons. The van der Waals surface area contributed by atoms with E-state index >= 15 is 0 Å². The predicted octanol–water partition coefficient (Wildman–Crippen LogP) is 1.51. The van der Waals surface area contributed by atoms with E-state index in [0.29, 0.717) is 6.54 Å². The van der Waals surface area contributed by atoms with Crippen LogP contribution in [0, 0.1) is 11.6 Å². The lowest BCUT2D eigenvalue weighted by molar-refractivity contribution is -0.115. The van der Waals surface area contributed by atoms with Crippen LogP contribution in [0.5, 0.6) is 0 Å². The minimum absolute atomic E-state index is 0.148. The third-order valence-corrected chi connectivity index (χ3v) is 1.74. The van der Waals surface area contributed by atoms with Crippen molar-refractivity contribution in [2.45, 2.75) is 6.92 Å². The van der Waals surface area contributed by atoms with Crippen LogP contribution < -0.4 is 10.6 Å². The molecule has 1 rings (SSSR count). The first-order valence-electron chi connectivity index (χ1n) is 4.59. The topological polar surface area (TPSA) is 41.1 Å². The van der Waals surface area contributed by atoms with Gasteiger partial charge in [-0.1, -0.05) is 6.92 Å². The van der Waals surface area contributed by atoms with Gasteiger partial charge in [0, 0.05) is 11.8 Å². The molecule has 0 bridgehead atoms. The molecular formula is C10H12F2N2O. The van der Waals surface area contributed by atoms with Crippen molar-refractivity contribution < 1.29 is 13.6 Å². The quantitative estimate of drug-likeness (QED) is 0.797. The Balaban J connectivity index is 2.57. The minimum atomic E-state index is -0.976. The first-order chi connectivity index (χ1) is 7.13. The second kappa shape index (κ2) is 5.41. The molecule has 1 aromatic rings. The highest BCUT2D eigenvalue weighted by atomic mass is 19.2. The maximum atomic E-state index is 12.7. The van der Waals surface area contributed by atoms with Gasteiger partial charge in [0.05, 0.1) is 6.54 Å². The number of hydrogen-bond donors (Lipinski definition) is 2. The number of hydrogen-bond acceptors (Lipinski definition) is 2. The molecule has 0 unspecified atom stereocenters. The van der Waals surface area contributed by atoms with Crippen molar-refractivity contribution in [2.24, 2.45) is 0 Å². The summed E-state index contributed by atoms with van der Waals surface area (Å²) in [6.07, 6.45) is 0. The average molecular weight is 214 g/mol. The second-order valence-electron chi connectivity index (χ2n) is 2.96. The summed E-state index contributed by atoms with van der Waals surface area (Å²) in [5.41, 5.74) is 0.247. The summed E-state index contributed by atoms with van der Waals surface area (Å²) in [6, 6.07) is 3.22. The lowest BCUT2D eigenvalue weighted by Gasteiger charge is -2.05. The molecule has 0 heterocycles. The Hall–Kier alpha value is -1.49. The van der Waals surface area contributed by atoms with Gasteiger partial charge in [-0.25, -0.2) is 8.78 Å². The zero-order valence-electron chi connectivity index (χ0n) is 8.31. The molecule has 0 spiro atoms. The van der Waals surface area contributed by atoms with Gasteiger partial charge in [0.25, 0.3) is 0 Å². The molecule has 0 radical (unpaired) electrons. The lowest BCUT2D eigenvalue weighted by Crippen LogP contribution is -2.27. The van der Waals surface area contributed by atoms with Crippen molar-refractivity contribution in [3.05, 3.63) is 29.8 Å². The molecule has 0 fully saturated rings. The number of likely N-dealkylation sites (N-methyl/N-ethyl adjacent to an activating group) is 1. The first-order valence-corrected chi connectivity index (χ1v) is 4.59. The van der Waals surface area contributed by atoms with Crippen molar-refractivity contribution in [1.82, 2.24) is 5.32 Å². The number of carbonyl (C=O) groups is 1. The number of carbonyl (C=O) groups excluding carboxylic acids is 1. The fraction of sp³-hybridized carbons (Fsp3) is 0.300. The van der Waals surface area contributed by atoms with Crippen molar-refractivity contribution in [3.63, 3.8) is 0 Å². The highest BCUT2D eigenvalue weighted by Crippen LogP contribution is 2.12. The van der Waals surface area contributed by atoms with Gasteiger partial charge >= 0.3 is 0 Å². The van der Waals surface area contributed by atoms with Crippen LogP contribution >= 0.6 is 0 Å². The Kier molecular flexibility index (Phi) is 4.17. The Labute approximate surface area is 86.5 Å². The zero-order valence-corrected chi connectivity index (χ0v) is 8.31. The molecule has 0 aliphatic heterocycles. The van der Waals surface area contributed by atoms with E-state index in [2.05, 4.69) is 10.6 Å². The molecule has 3 nitrogen and oxygen atoms in total. The molecule has 1 aromatic carbocycles. The smallest absolute Gasteiger partial charge is 0.238 e. The molecule has 1 amide bonds. The molecule has 15 heavy (non-hydrogen) atoms. The van der Waals surface area contributed by atoms with Crippen LogP contribution in [0.3, 0.4) is 0 Å². The molecule has 5 heteroatoms. The summed E-state index contributed by atoms with van der Waals surface area (Å²) in [4.78, 5) is 11.2. The van der Waals surface area contributed by atoms with Gasteiger partial charge < -0.3 is 10.6 Å². The Morgan fingerprint density at radius 1 is 1.33 bits per heavy atom. The van der Waals surface area contributed by atoms with Crippen LogP contribution in [0.25, 0.3) is 0 Å². The number of nitrogens with one attached hydrogen (secondary N) is 2. The molecule has 0 aliphatic carbocycles. The van der Waals surface area contributed by atoms with Gasteiger partial charge in [-0.3, -0.25) is 4.79 Å². The van der Waals surface area contributed by atoms with Gasteiger partial charge in [-0.15, -0.1) is 0 Å². The summed E-state index contributed by atoms with van der Waals surface area (Å²) in [7, 11) is 0. The molecule has 0 atom stereocenters. The summed E-state index contributed by atoms with van der Waals surface area (Å²) in [6.45, 7) is 2.69. The number of halogens is 2. The van der Waals surface area contributed by atoms with Gasteiger partial charge in [0.2, 0.25) is 5.91 Å². The Morgan fingerprint density at radius 3 is 2.67 bits per heavy atom. The van der Waals surface area contributed by atoms with Gasteiger partial charge in [-0.2, -0.15) is 0 Å². The second-order valence-corrected chi connectivity index (χ2v) is 2.96. The number of anilines is 1. The first kappa shape index (κ1) is 11.6. The van der Waals surface area contributed by atoms with E-state index in [4.69, 9.17) is 0 Å². The van der Waals surface area contributed by atoms with Gasteiger partial charge in [0.15, 0.2) is 11.6 Å². The zero-order chi connectivity index (χ0) is 11.3. The molecule has 0 saturated heterocycles. The van der Waals surface area contributed by atoms with E-state index in [0.717, 1.165) is 12.1 Å². The van der Waals surface area contributed by atoms with Crippen molar-refractivity contribution in [1.29, 1.82) is 0 Å². The van der Waals surface area contributed by atoms with E-state index in [1.807, 2.05) is 6.92 Å². The number of benzene rings is 1. The highest BCUT2D eigenvalue weighted by molar-refractivity contribution is 5.92. The lowest BCUT2D eigenvalue weighted by atomic mass is 10.3. The summed E-state index contributed by atoms with van der Waals surface area (Å²) < 4.78 is 25.3. The van der Waals surface area contributed by atoms with E-state index in [9.17, 15) is 13.6 Å². The fourth-order valence-corrected chi connectivity index (χ4v) is 1.02. The number of rotatable bonds is 4. The molecular weight excluding hydrogens is 202 g/mol. The van der Waals surface area contributed by atoms with Crippen LogP contribution in [0.15, 0.2) is 18.2 Å². The fourth-order valence-electron chi connectivity index (χ4n) is 1.02. The molecule has 0 saturated carbocycles. The standard InChI is InChI=1S/C10H12F2N2O/c1-2-13-6-10(15)14-7-3-4-8(11)9(12)5-7/h3-5,13H,2,6H2,1H3,(H,14,15). The van der Waals surface area contributed by atoms with Crippen LogP contribution in [0.4, 0.5) is 14.5 Å². The van der Waals surface area contributed by atoms with Gasteiger partial charge in [0.1, 0.15) is 0 Å². The monoisotopic (exact) mass is 214 g/mol. The van der Waals surface area contributed by atoms with E-state index in [-0.39, 0.29) is 18.1 Å². The molecule has 0 aliphatic rings. The third-order valence-electron chi connectivity index (χ3n) is 1.74. The highest BCUT2D eigenvalue weighted by Gasteiger charge is 2.05. The van der Waals surface area contributed by atoms with E-state index in [1.165, 1.54) is 6.07 Å². The van der Waals surface area contributed by atoms with Crippen molar-refractivity contribution in [3.8, 4) is 0 Å². The predicted molar refractivity (Wildman–Crippen MR) is 53.5 cm³/mol. The molecule has 2 N–H and O–H groups in total. The Morgan fingerprint density at radius 2 is 2.07 bits per heavy atom. The van der Waals surface area contributed by atoms with Gasteiger partial charge in [-0.05, 0) is 18.7 Å². The van der Waals surface area contributed by atoms with Crippen LogP contribution in [0.1, 0.15) is 6.92 Å². The summed E-state index contributed by atoms with van der Waals surface area (Å²) in [5.74, 6) is -2.20. The number of amides is 1. The Bertz CT molecular complexity index is 355. The van der Waals surface area contributed by atoms with Crippen molar-refractivity contribution in [2.75, 3.05) is 18.4 Å². The summed E-state index contributed by atoms with van der Waals surface area (Å²) >= 11 is 0. The largest absolute Gasteiger partial charge is 0.325 e. The average Bonchev–Trinajstić information content (AvgIpc) is 2.20. The summed E-state index contributed by atoms with van der Waals surface area (Å²) in [5, 5.41) is 5.25. The van der Waals surface area contributed by atoms with E-state index in [1.54, 1.807) is 0 Å². The molecule has 0 aromatic heterocycles. The van der Waals surface area contributed by atoms with Crippen LogP contribution in [-0.4, -0.2) is 19.0 Å². The van der Waals surface area contributed by atoms with E-state index < -0.39 is 11.6 Å². The third kappa shape index (κ3) is 3.63. The normalized spacial score (nSPS) is 10.1. The van der Waals surface area contributed by atoms with Crippen LogP contribution in [-0.2, 0) is 4.79 Å². The van der Waals surface area contributed by atoms with Crippen LogP contribution in [0.2, 0.25) is 0 Å². The minimum Gasteiger partial charge on any atom is -0.325 e. The maximum absolute atomic E-state index is 12.7.